The molecule has 0 atom stereocenters. The summed E-state index contributed by atoms with van der Waals surface area (Å²) in [6.07, 6.45) is 0. The summed E-state index contributed by atoms with van der Waals surface area (Å²) in [5.74, 6) is 1.28. The van der Waals surface area contributed by atoms with Crippen LogP contribution in [0.3, 0.4) is 0 Å². The molecule has 0 aromatic heterocycles. The normalized spacial score (nSPS) is 5.48. The van der Waals surface area contributed by atoms with Gasteiger partial charge in [0.2, 0.25) is 0 Å². The maximum absolute atomic E-state index is 6.58. The fourth-order valence-corrected chi connectivity index (χ4v) is 0. The first kappa shape index (κ1) is 58.7. The predicted molar refractivity (Wildman–Crippen MR) is 59.1 cm³/mol. The second-order valence-electron chi connectivity index (χ2n) is 3.71. The van der Waals surface area contributed by atoms with Crippen molar-refractivity contribution < 1.29 is 213 Å². The van der Waals surface area contributed by atoms with Gasteiger partial charge in [-0.3, -0.25) is 0 Å². The monoisotopic (exact) mass is 1890 g/mol. The number of nitrogens with one attached hydrogen (secondary N) is 1. The van der Waals surface area contributed by atoms with Crippen molar-refractivity contribution in [3.63, 3.8) is 0 Å². The van der Waals surface area contributed by atoms with Crippen LogP contribution in [0.4, 0.5) is 0 Å². The van der Waals surface area contributed by atoms with Crippen LogP contribution in [0.15, 0.2) is 0 Å². The van der Waals surface area contributed by atoms with Crippen molar-refractivity contribution in [3.05, 3.63) is 5.73 Å². The molecule has 0 aliphatic carbocycles. The molecule has 14 heteroatoms. The molecule has 1 nitrogen and oxygen atoms in total. The zero-order valence-electron chi connectivity index (χ0n) is 14.7. The SMILES string of the molecule is CC(C)[C-]=[V].CC(C)[C-]=[W].CC(C)[NH-].[V]=[V].[V]=[V].[W].[W]=[W].[W]=[W].[W]=[W]. The van der Waals surface area contributed by atoms with Gasteiger partial charge >= 0.3 is 241 Å². The molecule has 0 heterocycles. The van der Waals surface area contributed by atoms with Crippen LogP contribution in [0.2, 0.25) is 0 Å². The van der Waals surface area contributed by atoms with Gasteiger partial charge < -0.3 is 5.73 Å². The van der Waals surface area contributed by atoms with E-state index in [4.69, 9.17) is 5.73 Å². The predicted octanol–water partition coefficient (Wildman–Crippen LogP) is 3.16. The van der Waals surface area contributed by atoms with Crippen LogP contribution in [0.5, 0.6) is 0 Å². The summed E-state index contributed by atoms with van der Waals surface area (Å²) < 4.78 is 6.08. The van der Waals surface area contributed by atoms with Gasteiger partial charge in [-0.15, -0.1) is 6.04 Å². The molecule has 0 aliphatic rings. The molecule has 147 valence electrons. The second kappa shape index (κ2) is 85.1. The molecule has 0 saturated heterocycles. The van der Waals surface area contributed by atoms with Crippen LogP contribution >= 0.6 is 0 Å². The number of rotatable bonds is 2. The Morgan fingerprint density at radius 3 is 0.760 bits per heavy atom. The van der Waals surface area contributed by atoms with Crippen LogP contribution in [-0.2, 0) is 213 Å². The van der Waals surface area contributed by atoms with Crippen LogP contribution in [0.25, 0.3) is 5.73 Å². The summed E-state index contributed by atoms with van der Waals surface area (Å²) in [6, 6.07) is 0.0833. The van der Waals surface area contributed by atoms with Gasteiger partial charge in [0.1, 0.15) is 0 Å². The fraction of sp³-hybridized carbons (Fsp3) is 0.818. The van der Waals surface area contributed by atoms with Gasteiger partial charge in [-0.2, -0.15) is 0 Å². The molecule has 0 aromatic rings. The molecular formula is C11H22NV5W8-3. The molecular weight excluding hydrogens is 1870 g/mol. The van der Waals surface area contributed by atoms with E-state index in [1.807, 2.05) is 13.8 Å². The van der Waals surface area contributed by atoms with Crippen molar-refractivity contribution in [1.29, 1.82) is 0 Å². The van der Waals surface area contributed by atoms with E-state index < -0.39 is 0 Å². The summed E-state index contributed by atoms with van der Waals surface area (Å²) in [4.78, 5) is 0. The molecule has 0 aliphatic heterocycles. The molecule has 1 N–H and O–H groups in total. The fourth-order valence-electron chi connectivity index (χ4n) is 0. The summed E-state index contributed by atoms with van der Waals surface area (Å²) in [5.41, 5.74) is 6.58. The van der Waals surface area contributed by atoms with Crippen LogP contribution in [0, 0.1) is 11.8 Å². The van der Waals surface area contributed by atoms with E-state index in [2.05, 4.69) is 112 Å². The van der Waals surface area contributed by atoms with E-state index >= 15 is 0 Å². The van der Waals surface area contributed by atoms with Crippen molar-refractivity contribution in [3.8, 4) is 0 Å². The van der Waals surface area contributed by atoms with Gasteiger partial charge in [0, 0.05) is 21.1 Å². The third kappa shape index (κ3) is 198. The first-order valence-corrected chi connectivity index (χ1v) is 47.2. The van der Waals surface area contributed by atoms with E-state index in [9.17, 15) is 0 Å². The van der Waals surface area contributed by atoms with E-state index in [0.717, 1.165) is 0 Å². The Kier molecular flexibility index (Phi) is 200. The Bertz CT molecular complexity index is 179. The summed E-state index contributed by atoms with van der Waals surface area (Å²) in [7, 11) is 0. The molecule has 0 unspecified atom stereocenters. The standard InChI is InChI=1S/2C4H7.C3H8N.5V.8W/c2*1-4(2)3;1-3(2)4;;;;;;;;;;;;;/h2*4H,1-2H3;3-4H,1-2H3;;;;;;;;;;;;;/q3*-1;;;;;;;;;;;;;. The Balaban J connectivity index is -0.0000000174. The Morgan fingerprint density at radius 1 is 0.680 bits per heavy atom. The molecule has 25 heavy (non-hydrogen) atoms. The van der Waals surface area contributed by atoms with Crippen LogP contribution in [0.1, 0.15) is 41.5 Å². The third-order valence-corrected chi connectivity index (χ3v) is 2.99. The minimum absolute atomic E-state index is 0. The molecule has 0 radical (unpaired) electrons. The Morgan fingerprint density at radius 2 is 0.760 bits per heavy atom. The van der Waals surface area contributed by atoms with E-state index in [1.54, 1.807) is 97.3 Å². The van der Waals surface area contributed by atoms with Gasteiger partial charge in [-0.1, -0.05) is 13.8 Å². The van der Waals surface area contributed by atoms with Crippen LogP contribution in [-0.4, -0.2) is 15.2 Å². The van der Waals surface area contributed by atoms with E-state index in [-0.39, 0.29) is 27.1 Å². The van der Waals surface area contributed by atoms with Crippen molar-refractivity contribution in [2.45, 2.75) is 47.6 Å². The zero-order valence-corrected chi connectivity index (χ0v) is 45.2. The van der Waals surface area contributed by atoms with Gasteiger partial charge in [-0.25, -0.2) is 0 Å². The Hall–Kier alpha value is 8.13. The van der Waals surface area contributed by atoms with Gasteiger partial charge in [-0.05, 0) is 0 Å². The van der Waals surface area contributed by atoms with E-state index in [1.165, 1.54) is 19.4 Å². The first-order valence-electron chi connectivity index (χ1n) is 5.66. The van der Waals surface area contributed by atoms with Gasteiger partial charge in [0.25, 0.3) is 0 Å². The van der Waals surface area contributed by atoms with Crippen molar-refractivity contribution in [2.75, 3.05) is 0 Å². The molecule has 0 spiro atoms. The molecule has 0 aromatic carbocycles. The summed E-state index contributed by atoms with van der Waals surface area (Å²) in [6.45, 7) is 12.1. The summed E-state index contributed by atoms with van der Waals surface area (Å²) in [5, 5.41) is 0. The molecule has 0 saturated carbocycles. The summed E-state index contributed by atoms with van der Waals surface area (Å²) >= 11 is 22.8. The zero-order chi connectivity index (χ0) is 22.1. The molecule has 0 amide bonds. The van der Waals surface area contributed by atoms with Crippen LogP contribution < -0.4 is 0 Å². The second-order valence-corrected chi connectivity index (χ2v) is 4.96. The van der Waals surface area contributed by atoms with E-state index in [0.29, 0.717) is 11.8 Å². The molecule has 0 bridgehead atoms. The quantitative estimate of drug-likeness (QED) is 0.381. The van der Waals surface area contributed by atoms with Crippen molar-refractivity contribution in [1.82, 2.24) is 0 Å². The average molecular weight is 1890 g/mol. The first-order chi connectivity index (χ1) is 11.3. The van der Waals surface area contributed by atoms with Gasteiger partial charge in [0.05, 0.1) is 0 Å². The molecule has 0 rings (SSSR count). The maximum atomic E-state index is 6.58. The number of hydrogen-bond donors (Lipinski definition) is 0. The van der Waals surface area contributed by atoms with Gasteiger partial charge in [0.15, 0.2) is 0 Å². The number of hydrogen-bond acceptors (Lipinski definition) is 0. The Labute approximate surface area is 280 Å². The topological polar surface area (TPSA) is 23.8 Å². The average Bonchev–Trinajstić information content (AvgIpc) is 2.63. The van der Waals surface area contributed by atoms with Crippen molar-refractivity contribution in [2.24, 2.45) is 11.8 Å². The third-order valence-electron chi connectivity index (χ3n) is 0.494. The molecule has 0 fully saturated rings. The minimum atomic E-state index is 0. The van der Waals surface area contributed by atoms with Crippen molar-refractivity contribution >= 4 is 9.13 Å².